The smallest absolute Gasteiger partial charge is 0.307 e. The fraction of sp³-hybridized carbons (Fsp3) is 0.385. The lowest BCUT2D eigenvalue weighted by molar-refractivity contribution is 0.439. The van der Waals surface area contributed by atoms with Gasteiger partial charge in [0.05, 0.1) is 17.1 Å². The topological polar surface area (TPSA) is 66.9 Å². The summed E-state index contributed by atoms with van der Waals surface area (Å²) in [5.41, 5.74) is 0.962. The fourth-order valence-corrected chi connectivity index (χ4v) is 2.61. The van der Waals surface area contributed by atoms with Gasteiger partial charge in [-0.15, -0.1) is 0 Å². The molecule has 0 spiro atoms. The first kappa shape index (κ1) is 11.2. The van der Waals surface area contributed by atoms with Crippen molar-refractivity contribution in [3.63, 3.8) is 0 Å². The highest BCUT2D eigenvalue weighted by atomic mass is 16.2. The van der Waals surface area contributed by atoms with E-state index < -0.39 is 0 Å². The zero-order valence-corrected chi connectivity index (χ0v) is 10.2. The van der Waals surface area contributed by atoms with Crippen molar-refractivity contribution in [2.45, 2.75) is 25.9 Å². The molecule has 0 saturated carbocycles. The maximum absolute atomic E-state index is 12.5. The van der Waals surface area contributed by atoms with E-state index in [2.05, 4.69) is 10.3 Å². The van der Waals surface area contributed by atoms with Gasteiger partial charge in [0.1, 0.15) is 0 Å². The summed E-state index contributed by atoms with van der Waals surface area (Å²) in [4.78, 5) is 27.3. The molecule has 5 heteroatoms. The lowest BCUT2D eigenvalue weighted by atomic mass is 10.1. The zero-order chi connectivity index (χ0) is 12.7. The van der Waals surface area contributed by atoms with E-state index in [0.29, 0.717) is 10.9 Å². The molecule has 1 aliphatic heterocycles. The Labute approximate surface area is 103 Å². The first-order valence-electron chi connectivity index (χ1n) is 6.16. The predicted octanol–water partition coefficient (Wildman–Crippen LogP) is 0.880. The number of hydrogen-bond acceptors (Lipinski definition) is 3. The van der Waals surface area contributed by atoms with E-state index in [-0.39, 0.29) is 17.4 Å². The Hall–Kier alpha value is -1.88. The van der Waals surface area contributed by atoms with Crippen molar-refractivity contribution >= 4 is 10.9 Å². The van der Waals surface area contributed by atoms with E-state index in [1.165, 1.54) is 4.57 Å². The summed E-state index contributed by atoms with van der Waals surface area (Å²) in [6.45, 7) is 2.73. The Balaban J connectivity index is 2.36. The van der Waals surface area contributed by atoms with Crippen LogP contribution in [0.25, 0.3) is 10.9 Å². The predicted molar refractivity (Wildman–Crippen MR) is 69.8 cm³/mol. The maximum atomic E-state index is 12.5. The average Bonchev–Trinajstić information content (AvgIpc) is 2.82. The Morgan fingerprint density at radius 1 is 1.33 bits per heavy atom. The van der Waals surface area contributed by atoms with Gasteiger partial charge in [-0.2, -0.15) is 0 Å². The average molecular weight is 245 g/mol. The number of hydrogen-bond donors (Lipinski definition) is 2. The second-order valence-electron chi connectivity index (χ2n) is 4.71. The molecule has 18 heavy (non-hydrogen) atoms. The summed E-state index contributed by atoms with van der Waals surface area (Å²) < 4.78 is 1.31. The standard InChI is InChI=1S/C13H15N3O2/c1-8-4-2-5-9-11(8)12(17)16(13(18)15-9)10-6-3-7-14-10/h2,4-5,10,14H,3,6-7H2,1H3,(H,15,18). The molecule has 1 aromatic heterocycles. The third-order valence-electron chi connectivity index (χ3n) is 3.51. The van der Waals surface area contributed by atoms with Crippen LogP contribution in [0.4, 0.5) is 0 Å². The van der Waals surface area contributed by atoms with Gasteiger partial charge in [0, 0.05) is 0 Å². The highest BCUT2D eigenvalue weighted by Crippen LogP contribution is 2.15. The number of H-pyrrole nitrogens is 1. The van der Waals surface area contributed by atoms with Crippen molar-refractivity contribution < 1.29 is 0 Å². The Kier molecular flexibility index (Phi) is 2.56. The van der Waals surface area contributed by atoms with E-state index in [1.54, 1.807) is 6.07 Å². The van der Waals surface area contributed by atoms with Gasteiger partial charge in [0.2, 0.25) is 0 Å². The molecule has 3 rings (SSSR count). The van der Waals surface area contributed by atoms with Gasteiger partial charge in [-0.1, -0.05) is 12.1 Å². The first-order chi connectivity index (χ1) is 8.68. The molecule has 2 aromatic rings. The van der Waals surface area contributed by atoms with Crippen molar-refractivity contribution in [3.05, 3.63) is 44.6 Å². The first-order valence-corrected chi connectivity index (χ1v) is 6.16. The van der Waals surface area contributed by atoms with Gasteiger partial charge in [-0.25, -0.2) is 9.36 Å². The van der Waals surface area contributed by atoms with E-state index >= 15 is 0 Å². The van der Waals surface area contributed by atoms with Crippen molar-refractivity contribution in [1.82, 2.24) is 14.9 Å². The molecule has 1 aromatic carbocycles. The molecular formula is C13H15N3O2. The van der Waals surface area contributed by atoms with Crippen LogP contribution in [0.2, 0.25) is 0 Å². The number of aromatic nitrogens is 2. The number of nitrogens with one attached hydrogen (secondary N) is 2. The van der Waals surface area contributed by atoms with Crippen molar-refractivity contribution in [1.29, 1.82) is 0 Å². The summed E-state index contributed by atoms with van der Waals surface area (Å²) >= 11 is 0. The SMILES string of the molecule is Cc1cccc2[nH]c(=O)n(C3CCCN3)c(=O)c12. The van der Waals surface area contributed by atoms with E-state index in [0.717, 1.165) is 24.9 Å². The maximum Gasteiger partial charge on any atom is 0.330 e. The van der Waals surface area contributed by atoms with Crippen molar-refractivity contribution in [2.75, 3.05) is 6.54 Å². The summed E-state index contributed by atoms with van der Waals surface area (Å²) in [6, 6.07) is 5.48. The van der Waals surface area contributed by atoms with Gasteiger partial charge in [-0.3, -0.25) is 10.1 Å². The number of aromatic amines is 1. The number of rotatable bonds is 1. The second kappa shape index (κ2) is 4.10. The fourth-order valence-electron chi connectivity index (χ4n) is 2.61. The van der Waals surface area contributed by atoms with Crippen LogP contribution < -0.4 is 16.6 Å². The van der Waals surface area contributed by atoms with Crippen molar-refractivity contribution in [2.24, 2.45) is 0 Å². The van der Waals surface area contributed by atoms with Crippen LogP contribution in [0.5, 0.6) is 0 Å². The lowest BCUT2D eigenvalue weighted by Crippen LogP contribution is -2.41. The molecule has 0 amide bonds. The number of nitrogens with zero attached hydrogens (tertiary/aromatic N) is 1. The van der Waals surface area contributed by atoms with Crippen LogP contribution in [0.1, 0.15) is 24.6 Å². The normalized spacial score (nSPS) is 19.5. The molecule has 0 bridgehead atoms. The molecule has 2 heterocycles. The van der Waals surface area contributed by atoms with E-state index in [4.69, 9.17) is 0 Å². The summed E-state index contributed by atoms with van der Waals surface area (Å²) in [7, 11) is 0. The number of fused-ring (bicyclic) bond motifs is 1. The van der Waals surface area contributed by atoms with E-state index in [9.17, 15) is 9.59 Å². The van der Waals surface area contributed by atoms with Crippen LogP contribution >= 0.6 is 0 Å². The summed E-state index contributed by atoms with van der Waals surface area (Å²) in [5.74, 6) is 0. The monoisotopic (exact) mass is 245 g/mol. The van der Waals surface area contributed by atoms with Crippen LogP contribution in [-0.2, 0) is 0 Å². The summed E-state index contributed by atoms with van der Waals surface area (Å²) in [6.07, 6.45) is 1.63. The quantitative estimate of drug-likeness (QED) is 0.783. The highest BCUT2D eigenvalue weighted by molar-refractivity contribution is 5.80. The van der Waals surface area contributed by atoms with Gasteiger partial charge >= 0.3 is 5.69 Å². The molecule has 94 valence electrons. The minimum absolute atomic E-state index is 0.176. The molecule has 1 aliphatic rings. The minimum atomic E-state index is -0.336. The largest absolute Gasteiger partial charge is 0.330 e. The second-order valence-corrected chi connectivity index (χ2v) is 4.71. The van der Waals surface area contributed by atoms with Gasteiger partial charge in [-0.05, 0) is 37.9 Å². The highest BCUT2D eigenvalue weighted by Gasteiger charge is 2.20. The Morgan fingerprint density at radius 3 is 2.89 bits per heavy atom. The molecule has 1 atom stereocenters. The van der Waals surface area contributed by atoms with Gasteiger partial charge < -0.3 is 4.98 Å². The van der Waals surface area contributed by atoms with Gasteiger partial charge in [0.25, 0.3) is 5.56 Å². The summed E-state index contributed by atoms with van der Waals surface area (Å²) in [5, 5.41) is 3.78. The molecular weight excluding hydrogens is 230 g/mol. The van der Waals surface area contributed by atoms with Gasteiger partial charge in [0.15, 0.2) is 0 Å². The lowest BCUT2D eigenvalue weighted by Gasteiger charge is -2.14. The Morgan fingerprint density at radius 2 is 2.17 bits per heavy atom. The molecule has 5 nitrogen and oxygen atoms in total. The van der Waals surface area contributed by atoms with E-state index in [1.807, 2.05) is 19.1 Å². The molecule has 2 N–H and O–H groups in total. The molecule has 0 aliphatic carbocycles. The number of aryl methyl sites for hydroxylation is 1. The van der Waals surface area contributed by atoms with Crippen LogP contribution in [0.15, 0.2) is 27.8 Å². The third kappa shape index (κ3) is 1.59. The zero-order valence-electron chi connectivity index (χ0n) is 10.2. The minimum Gasteiger partial charge on any atom is -0.307 e. The van der Waals surface area contributed by atoms with Crippen molar-refractivity contribution in [3.8, 4) is 0 Å². The van der Waals surface area contributed by atoms with Crippen LogP contribution in [0.3, 0.4) is 0 Å². The number of benzene rings is 1. The molecule has 1 unspecified atom stereocenters. The molecule has 0 radical (unpaired) electrons. The van der Waals surface area contributed by atoms with Crippen LogP contribution in [0, 0.1) is 6.92 Å². The third-order valence-corrected chi connectivity index (χ3v) is 3.51. The molecule has 1 fully saturated rings. The Bertz CT molecular complexity index is 708. The molecule has 1 saturated heterocycles. The van der Waals surface area contributed by atoms with Crippen LogP contribution in [-0.4, -0.2) is 16.1 Å².